The van der Waals surface area contributed by atoms with Gasteiger partial charge in [0, 0.05) is 19.1 Å². The van der Waals surface area contributed by atoms with Gasteiger partial charge in [-0.05, 0) is 51.2 Å². The molecular weight excluding hydrogens is 318 g/mol. The Morgan fingerprint density at radius 2 is 2.08 bits per heavy atom. The van der Waals surface area contributed by atoms with Crippen molar-refractivity contribution in [1.82, 2.24) is 15.5 Å². The number of para-hydroxylation sites is 1. The maximum absolute atomic E-state index is 12.5. The van der Waals surface area contributed by atoms with Crippen LogP contribution in [0.1, 0.15) is 38.7 Å². The Labute approximate surface area is 149 Å². The summed E-state index contributed by atoms with van der Waals surface area (Å²) in [6.45, 7) is 5.06. The second-order valence-electron chi connectivity index (χ2n) is 6.56. The van der Waals surface area contributed by atoms with Crippen molar-refractivity contribution in [3.8, 4) is 5.75 Å². The second-order valence-corrected chi connectivity index (χ2v) is 6.56. The van der Waals surface area contributed by atoms with E-state index in [1.54, 1.807) is 14.0 Å². The van der Waals surface area contributed by atoms with E-state index in [0.29, 0.717) is 13.0 Å². The molecule has 6 nitrogen and oxygen atoms in total. The lowest BCUT2D eigenvalue weighted by molar-refractivity contribution is -0.136. The molecule has 25 heavy (non-hydrogen) atoms. The standard InChI is InChI=1S/C19H29N3O3/c1-14-8-6-7-13-22(14)18(23)15(2)21-19(24)20-12-11-16-9-4-5-10-17(16)25-3/h4-5,9-10,14-15H,6-8,11-13H2,1-3H3,(H2,20,21,24)/t14-,15-/m0/s1. The molecule has 1 heterocycles. The van der Waals surface area contributed by atoms with E-state index in [1.165, 1.54) is 0 Å². The van der Waals surface area contributed by atoms with Gasteiger partial charge in [-0.25, -0.2) is 4.79 Å². The summed E-state index contributed by atoms with van der Waals surface area (Å²) in [5, 5.41) is 5.55. The van der Waals surface area contributed by atoms with Gasteiger partial charge in [0.25, 0.3) is 0 Å². The van der Waals surface area contributed by atoms with Crippen LogP contribution in [0.15, 0.2) is 24.3 Å². The van der Waals surface area contributed by atoms with E-state index < -0.39 is 6.04 Å². The van der Waals surface area contributed by atoms with Gasteiger partial charge in [-0.15, -0.1) is 0 Å². The monoisotopic (exact) mass is 347 g/mol. The number of hydrogen-bond donors (Lipinski definition) is 2. The molecule has 6 heteroatoms. The minimum Gasteiger partial charge on any atom is -0.496 e. The van der Waals surface area contributed by atoms with Crippen molar-refractivity contribution in [3.05, 3.63) is 29.8 Å². The third kappa shape index (κ3) is 5.37. The summed E-state index contributed by atoms with van der Waals surface area (Å²) in [7, 11) is 1.63. The van der Waals surface area contributed by atoms with Crippen LogP contribution in [-0.4, -0.2) is 49.1 Å². The van der Waals surface area contributed by atoms with E-state index in [4.69, 9.17) is 4.74 Å². The van der Waals surface area contributed by atoms with Gasteiger partial charge in [0.2, 0.25) is 5.91 Å². The van der Waals surface area contributed by atoms with Crippen molar-refractivity contribution in [2.24, 2.45) is 0 Å². The van der Waals surface area contributed by atoms with Gasteiger partial charge in [0.15, 0.2) is 0 Å². The zero-order valence-corrected chi connectivity index (χ0v) is 15.4. The first-order chi connectivity index (χ1) is 12.0. The quantitative estimate of drug-likeness (QED) is 0.830. The van der Waals surface area contributed by atoms with Gasteiger partial charge in [0.05, 0.1) is 7.11 Å². The predicted octanol–water partition coefficient (Wildman–Crippen LogP) is 2.33. The number of carbonyl (C=O) groups is 2. The second kappa shape index (κ2) is 9.30. The van der Waals surface area contributed by atoms with Crippen LogP contribution in [-0.2, 0) is 11.2 Å². The van der Waals surface area contributed by atoms with Crippen molar-refractivity contribution in [3.63, 3.8) is 0 Å². The number of hydrogen-bond acceptors (Lipinski definition) is 3. The van der Waals surface area contributed by atoms with E-state index in [2.05, 4.69) is 17.6 Å². The largest absolute Gasteiger partial charge is 0.496 e. The third-order valence-electron chi connectivity index (χ3n) is 4.68. The molecule has 3 amide bonds. The molecule has 1 fully saturated rings. The summed E-state index contributed by atoms with van der Waals surface area (Å²) in [6, 6.07) is 7.14. The summed E-state index contributed by atoms with van der Waals surface area (Å²) >= 11 is 0. The van der Waals surface area contributed by atoms with Crippen molar-refractivity contribution in [1.29, 1.82) is 0 Å². The zero-order valence-electron chi connectivity index (χ0n) is 15.4. The molecule has 0 spiro atoms. The number of urea groups is 1. The average molecular weight is 347 g/mol. The fourth-order valence-electron chi connectivity index (χ4n) is 3.20. The van der Waals surface area contributed by atoms with Crippen LogP contribution in [0.4, 0.5) is 4.79 Å². The molecule has 0 radical (unpaired) electrons. The van der Waals surface area contributed by atoms with Crippen LogP contribution in [0.3, 0.4) is 0 Å². The zero-order chi connectivity index (χ0) is 18.2. The molecule has 0 bridgehead atoms. The number of rotatable bonds is 6. The Morgan fingerprint density at radius 3 is 2.80 bits per heavy atom. The van der Waals surface area contributed by atoms with E-state index in [1.807, 2.05) is 29.2 Å². The van der Waals surface area contributed by atoms with Gasteiger partial charge < -0.3 is 20.3 Å². The van der Waals surface area contributed by atoms with Gasteiger partial charge >= 0.3 is 6.03 Å². The third-order valence-corrected chi connectivity index (χ3v) is 4.68. The van der Waals surface area contributed by atoms with Crippen LogP contribution in [0.2, 0.25) is 0 Å². The van der Waals surface area contributed by atoms with Gasteiger partial charge in [-0.2, -0.15) is 0 Å². The first-order valence-corrected chi connectivity index (χ1v) is 8.99. The van der Waals surface area contributed by atoms with Gasteiger partial charge in [-0.1, -0.05) is 18.2 Å². The first-order valence-electron chi connectivity index (χ1n) is 8.99. The Balaban J connectivity index is 1.76. The topological polar surface area (TPSA) is 70.7 Å². The molecule has 138 valence electrons. The molecule has 2 rings (SSSR count). The highest BCUT2D eigenvalue weighted by Gasteiger charge is 2.27. The van der Waals surface area contributed by atoms with Crippen molar-refractivity contribution in [2.45, 2.75) is 51.6 Å². The number of amides is 3. The molecule has 1 saturated heterocycles. The summed E-state index contributed by atoms with van der Waals surface area (Å²) in [5.41, 5.74) is 1.04. The highest BCUT2D eigenvalue weighted by atomic mass is 16.5. The molecule has 1 aromatic rings. The maximum Gasteiger partial charge on any atom is 0.315 e. The van der Waals surface area contributed by atoms with E-state index in [0.717, 1.165) is 37.1 Å². The van der Waals surface area contributed by atoms with Crippen molar-refractivity contribution in [2.75, 3.05) is 20.2 Å². The fraction of sp³-hybridized carbons (Fsp3) is 0.579. The first kappa shape index (κ1) is 19.1. The number of ether oxygens (including phenoxy) is 1. The van der Waals surface area contributed by atoms with Crippen LogP contribution < -0.4 is 15.4 Å². The molecule has 1 aliphatic heterocycles. The van der Waals surface area contributed by atoms with Gasteiger partial charge in [-0.3, -0.25) is 4.79 Å². The van der Waals surface area contributed by atoms with Crippen molar-refractivity contribution >= 4 is 11.9 Å². The Kier molecular flexibility index (Phi) is 7.10. The van der Waals surface area contributed by atoms with Crippen LogP contribution >= 0.6 is 0 Å². The fourth-order valence-corrected chi connectivity index (χ4v) is 3.20. The number of benzene rings is 1. The normalized spacial score (nSPS) is 18.4. The number of nitrogens with zero attached hydrogens (tertiary/aromatic N) is 1. The lowest BCUT2D eigenvalue weighted by atomic mass is 10.0. The molecule has 1 aliphatic rings. The number of nitrogens with one attached hydrogen (secondary N) is 2. The van der Waals surface area contributed by atoms with E-state index in [9.17, 15) is 9.59 Å². The van der Waals surface area contributed by atoms with Crippen molar-refractivity contribution < 1.29 is 14.3 Å². The summed E-state index contributed by atoms with van der Waals surface area (Å²) in [4.78, 5) is 26.4. The molecular formula is C19H29N3O3. The number of piperidine rings is 1. The Bertz CT molecular complexity index is 591. The van der Waals surface area contributed by atoms with Crippen LogP contribution in [0.5, 0.6) is 5.75 Å². The number of likely N-dealkylation sites (tertiary alicyclic amines) is 1. The summed E-state index contributed by atoms with van der Waals surface area (Å²) in [5.74, 6) is 0.805. The van der Waals surface area contributed by atoms with E-state index in [-0.39, 0.29) is 18.0 Å². The average Bonchev–Trinajstić information content (AvgIpc) is 2.62. The van der Waals surface area contributed by atoms with Crippen LogP contribution in [0.25, 0.3) is 0 Å². The molecule has 1 aromatic carbocycles. The molecule has 0 saturated carbocycles. The highest BCUT2D eigenvalue weighted by Crippen LogP contribution is 2.18. The van der Waals surface area contributed by atoms with Gasteiger partial charge in [0.1, 0.15) is 11.8 Å². The summed E-state index contributed by atoms with van der Waals surface area (Å²) in [6.07, 6.45) is 3.90. The summed E-state index contributed by atoms with van der Waals surface area (Å²) < 4.78 is 5.30. The SMILES string of the molecule is COc1ccccc1CCNC(=O)N[C@@H](C)C(=O)N1CCCC[C@@H]1C. The molecule has 0 aromatic heterocycles. The lowest BCUT2D eigenvalue weighted by Gasteiger charge is -2.35. The smallest absolute Gasteiger partial charge is 0.315 e. The number of methoxy groups -OCH3 is 1. The minimum absolute atomic E-state index is 0.00733. The minimum atomic E-state index is -0.521. The highest BCUT2D eigenvalue weighted by molar-refractivity contribution is 5.87. The Morgan fingerprint density at radius 1 is 1.32 bits per heavy atom. The maximum atomic E-state index is 12.5. The molecule has 0 unspecified atom stereocenters. The molecule has 0 aliphatic carbocycles. The van der Waals surface area contributed by atoms with Crippen LogP contribution in [0, 0.1) is 0 Å². The molecule has 2 N–H and O–H groups in total. The van der Waals surface area contributed by atoms with E-state index >= 15 is 0 Å². The number of carbonyl (C=O) groups excluding carboxylic acids is 2. The lowest BCUT2D eigenvalue weighted by Crippen LogP contribution is -2.53. The Hall–Kier alpha value is -2.24. The predicted molar refractivity (Wildman–Crippen MR) is 97.7 cm³/mol. The molecule has 2 atom stereocenters.